The number of aliphatic carboxylic acids is 1. The Morgan fingerprint density at radius 1 is 1.33 bits per heavy atom. The van der Waals surface area contributed by atoms with Crippen molar-refractivity contribution < 1.29 is 9.90 Å². The minimum atomic E-state index is -0.700. The van der Waals surface area contributed by atoms with Crippen LogP contribution in [0.4, 0.5) is 5.82 Å². The Bertz CT molecular complexity index is 658. The zero-order valence-electron chi connectivity index (χ0n) is 12.2. The maximum Gasteiger partial charge on any atom is 0.306 e. The maximum atomic E-state index is 11.0. The van der Waals surface area contributed by atoms with Gasteiger partial charge in [-0.1, -0.05) is 0 Å². The number of carboxylic acid groups (broad SMARTS) is 1. The van der Waals surface area contributed by atoms with Crippen LogP contribution in [0.2, 0.25) is 0 Å². The molecule has 3 rings (SSSR count). The first-order chi connectivity index (χ1) is 10.1. The molecule has 0 bridgehead atoms. The van der Waals surface area contributed by atoms with E-state index in [1.54, 1.807) is 12.5 Å². The molecule has 1 aliphatic rings. The molecule has 1 fully saturated rings. The molecule has 1 saturated heterocycles. The third kappa shape index (κ3) is 2.55. The van der Waals surface area contributed by atoms with Crippen molar-refractivity contribution in [3.05, 3.63) is 12.5 Å². The average Bonchev–Trinajstić information content (AvgIpc) is 2.90. The molecule has 0 radical (unpaired) electrons. The second-order valence-corrected chi connectivity index (χ2v) is 5.72. The van der Waals surface area contributed by atoms with E-state index in [0.29, 0.717) is 31.6 Å². The Labute approximate surface area is 122 Å². The van der Waals surface area contributed by atoms with E-state index >= 15 is 0 Å². The van der Waals surface area contributed by atoms with E-state index < -0.39 is 5.97 Å². The topological polar surface area (TPSA) is 84.1 Å². The number of anilines is 1. The molecule has 0 aromatic carbocycles. The summed E-state index contributed by atoms with van der Waals surface area (Å²) in [5.41, 5.74) is 1.43. The normalized spacial score (nSPS) is 16.8. The van der Waals surface area contributed by atoms with Crippen LogP contribution in [-0.2, 0) is 4.79 Å². The number of rotatable bonds is 3. The number of carboxylic acids is 1. The Morgan fingerprint density at radius 3 is 2.67 bits per heavy atom. The van der Waals surface area contributed by atoms with Crippen LogP contribution >= 0.6 is 0 Å². The summed E-state index contributed by atoms with van der Waals surface area (Å²) < 4.78 is 2.00. The number of nitrogens with zero attached hydrogens (tertiary/aromatic N) is 5. The quantitative estimate of drug-likeness (QED) is 0.926. The highest BCUT2D eigenvalue weighted by atomic mass is 16.4. The number of aromatic nitrogens is 4. The summed E-state index contributed by atoms with van der Waals surface area (Å²) in [4.78, 5) is 26.4. The van der Waals surface area contributed by atoms with E-state index in [2.05, 4.69) is 33.7 Å². The predicted octanol–water partition coefficient (Wildman–Crippen LogP) is 1.71. The van der Waals surface area contributed by atoms with Gasteiger partial charge in [-0.2, -0.15) is 0 Å². The Hall–Kier alpha value is -2.18. The predicted molar refractivity (Wildman–Crippen MR) is 78.3 cm³/mol. The van der Waals surface area contributed by atoms with Gasteiger partial charge in [-0.15, -0.1) is 0 Å². The molecule has 21 heavy (non-hydrogen) atoms. The van der Waals surface area contributed by atoms with Gasteiger partial charge in [-0.05, 0) is 26.7 Å². The van der Waals surface area contributed by atoms with E-state index in [1.165, 1.54) is 0 Å². The van der Waals surface area contributed by atoms with Gasteiger partial charge in [0.1, 0.15) is 5.82 Å². The van der Waals surface area contributed by atoms with Crippen LogP contribution in [0, 0.1) is 5.92 Å². The Morgan fingerprint density at radius 2 is 2.05 bits per heavy atom. The van der Waals surface area contributed by atoms with Gasteiger partial charge in [0.05, 0.1) is 18.4 Å². The number of fused-ring (bicyclic) bond motifs is 1. The molecular weight excluding hydrogens is 270 g/mol. The Kier molecular flexibility index (Phi) is 3.48. The Balaban J connectivity index is 1.84. The van der Waals surface area contributed by atoms with Crippen molar-refractivity contribution in [3.8, 4) is 0 Å². The zero-order chi connectivity index (χ0) is 15.0. The molecule has 1 N–H and O–H groups in total. The molecule has 0 aliphatic carbocycles. The van der Waals surface area contributed by atoms with E-state index in [0.717, 1.165) is 11.5 Å². The molecule has 7 heteroatoms. The minimum Gasteiger partial charge on any atom is -0.481 e. The van der Waals surface area contributed by atoms with E-state index in [1.807, 2.05) is 4.57 Å². The lowest BCUT2D eigenvalue weighted by Crippen LogP contribution is -2.36. The van der Waals surface area contributed by atoms with E-state index in [9.17, 15) is 4.79 Å². The SMILES string of the molecule is CC(C)n1cnc2ncc(N3CCC(C(=O)O)CC3)nc21. The fourth-order valence-corrected chi connectivity index (χ4v) is 2.69. The summed E-state index contributed by atoms with van der Waals surface area (Å²) in [5.74, 6) is -0.137. The lowest BCUT2D eigenvalue weighted by molar-refractivity contribution is -0.142. The molecule has 2 aromatic rings. The van der Waals surface area contributed by atoms with Crippen molar-refractivity contribution in [2.24, 2.45) is 5.92 Å². The molecular formula is C14H19N5O2. The highest BCUT2D eigenvalue weighted by Crippen LogP contribution is 2.23. The van der Waals surface area contributed by atoms with Crippen molar-refractivity contribution in [2.45, 2.75) is 32.7 Å². The first-order valence-corrected chi connectivity index (χ1v) is 7.23. The van der Waals surface area contributed by atoms with E-state index in [-0.39, 0.29) is 12.0 Å². The minimum absolute atomic E-state index is 0.237. The summed E-state index contributed by atoms with van der Waals surface area (Å²) in [5, 5.41) is 9.05. The van der Waals surface area contributed by atoms with Gasteiger partial charge >= 0.3 is 5.97 Å². The highest BCUT2D eigenvalue weighted by molar-refractivity contribution is 5.71. The van der Waals surface area contributed by atoms with Gasteiger partial charge < -0.3 is 14.6 Å². The second kappa shape index (κ2) is 5.31. The van der Waals surface area contributed by atoms with Crippen LogP contribution in [0.3, 0.4) is 0 Å². The summed E-state index contributed by atoms with van der Waals surface area (Å²) >= 11 is 0. The third-order valence-electron chi connectivity index (χ3n) is 4.00. The average molecular weight is 289 g/mol. The van der Waals surface area contributed by atoms with E-state index in [4.69, 9.17) is 5.11 Å². The lowest BCUT2D eigenvalue weighted by atomic mass is 9.97. The van der Waals surface area contributed by atoms with Gasteiger partial charge in [0, 0.05) is 19.1 Å². The lowest BCUT2D eigenvalue weighted by Gasteiger charge is -2.30. The summed E-state index contributed by atoms with van der Waals surface area (Å²) in [7, 11) is 0. The van der Waals surface area contributed by atoms with Crippen LogP contribution in [0.25, 0.3) is 11.3 Å². The van der Waals surface area contributed by atoms with Gasteiger partial charge in [0.25, 0.3) is 0 Å². The standard InChI is InChI=1S/C14H19N5O2/c1-9(2)19-8-16-12-13(19)17-11(7-15-12)18-5-3-10(4-6-18)14(20)21/h7-10H,3-6H2,1-2H3,(H,20,21). The molecule has 2 aromatic heterocycles. The van der Waals surface area contributed by atoms with Crippen molar-refractivity contribution in [1.82, 2.24) is 19.5 Å². The van der Waals surface area contributed by atoms with Crippen LogP contribution in [-0.4, -0.2) is 43.7 Å². The smallest absolute Gasteiger partial charge is 0.306 e. The van der Waals surface area contributed by atoms with Gasteiger partial charge in [0.15, 0.2) is 11.3 Å². The molecule has 0 unspecified atom stereocenters. The number of piperidine rings is 1. The molecule has 0 atom stereocenters. The first kappa shape index (κ1) is 13.8. The fourth-order valence-electron chi connectivity index (χ4n) is 2.69. The molecule has 0 saturated carbocycles. The maximum absolute atomic E-state index is 11.0. The van der Waals surface area contributed by atoms with Crippen molar-refractivity contribution in [3.63, 3.8) is 0 Å². The van der Waals surface area contributed by atoms with Gasteiger partial charge in [-0.3, -0.25) is 4.79 Å². The highest BCUT2D eigenvalue weighted by Gasteiger charge is 2.25. The molecule has 1 aliphatic heterocycles. The van der Waals surface area contributed by atoms with Crippen LogP contribution in [0.1, 0.15) is 32.7 Å². The third-order valence-corrected chi connectivity index (χ3v) is 4.00. The summed E-state index contributed by atoms with van der Waals surface area (Å²) in [6.45, 7) is 5.56. The molecule has 0 spiro atoms. The molecule has 112 valence electrons. The van der Waals surface area contributed by atoms with Gasteiger partial charge in [-0.25, -0.2) is 15.0 Å². The number of carbonyl (C=O) groups is 1. The zero-order valence-corrected chi connectivity index (χ0v) is 12.2. The van der Waals surface area contributed by atoms with Crippen molar-refractivity contribution in [1.29, 1.82) is 0 Å². The fraction of sp³-hybridized carbons (Fsp3) is 0.571. The number of hydrogen-bond acceptors (Lipinski definition) is 5. The van der Waals surface area contributed by atoms with Gasteiger partial charge in [0.2, 0.25) is 0 Å². The molecule has 0 amide bonds. The number of hydrogen-bond donors (Lipinski definition) is 1. The molecule has 7 nitrogen and oxygen atoms in total. The van der Waals surface area contributed by atoms with Crippen LogP contribution < -0.4 is 4.90 Å². The summed E-state index contributed by atoms with van der Waals surface area (Å²) in [6, 6.07) is 0.275. The monoisotopic (exact) mass is 289 g/mol. The van der Waals surface area contributed by atoms with Crippen LogP contribution in [0.15, 0.2) is 12.5 Å². The van der Waals surface area contributed by atoms with Crippen molar-refractivity contribution >= 4 is 23.1 Å². The second-order valence-electron chi connectivity index (χ2n) is 5.72. The number of imidazole rings is 1. The largest absolute Gasteiger partial charge is 0.481 e. The summed E-state index contributed by atoms with van der Waals surface area (Å²) in [6.07, 6.45) is 4.79. The van der Waals surface area contributed by atoms with Crippen LogP contribution in [0.5, 0.6) is 0 Å². The first-order valence-electron chi connectivity index (χ1n) is 7.23. The molecule has 3 heterocycles. The van der Waals surface area contributed by atoms with Crippen molar-refractivity contribution in [2.75, 3.05) is 18.0 Å².